The Hall–Kier alpha value is -1.81. The summed E-state index contributed by atoms with van der Waals surface area (Å²) in [6, 6.07) is 8.01. The molecule has 0 aliphatic heterocycles. The van der Waals surface area contributed by atoms with Crippen LogP contribution in [0.5, 0.6) is 0 Å². The van der Waals surface area contributed by atoms with Gasteiger partial charge in [0.05, 0.1) is 22.7 Å². The van der Waals surface area contributed by atoms with Crippen molar-refractivity contribution in [1.82, 2.24) is 4.98 Å². The van der Waals surface area contributed by atoms with Crippen LogP contribution in [0.25, 0.3) is 21.3 Å². The molecule has 3 nitrogen and oxygen atoms in total. The smallest absolute Gasteiger partial charge is 0.181 e. The average molecular weight is 216 g/mol. The molecule has 15 heavy (non-hydrogen) atoms. The van der Waals surface area contributed by atoms with Crippen LogP contribution in [0, 0.1) is 0 Å². The van der Waals surface area contributed by atoms with E-state index < -0.39 is 0 Å². The number of rotatable bonds is 1. The molecule has 0 bridgehead atoms. The number of benzene rings is 1. The Labute approximate surface area is 90.2 Å². The average Bonchev–Trinajstić information content (AvgIpc) is 2.82. The van der Waals surface area contributed by atoms with Gasteiger partial charge in [0.2, 0.25) is 0 Å². The molecule has 3 rings (SSSR count). The van der Waals surface area contributed by atoms with Crippen LogP contribution in [-0.4, -0.2) is 4.98 Å². The fraction of sp³-hybridized carbons (Fsp3) is 0. The Bertz CT molecular complexity index is 598. The summed E-state index contributed by atoms with van der Waals surface area (Å²) in [5.74, 6) is 0. The van der Waals surface area contributed by atoms with Gasteiger partial charge < -0.3 is 10.2 Å². The molecule has 2 heterocycles. The highest BCUT2D eigenvalue weighted by molar-refractivity contribution is 7.22. The van der Waals surface area contributed by atoms with E-state index in [4.69, 9.17) is 10.2 Å². The van der Waals surface area contributed by atoms with E-state index >= 15 is 0 Å². The molecule has 74 valence electrons. The summed E-state index contributed by atoms with van der Waals surface area (Å²) in [6.07, 6.45) is 3.39. The van der Waals surface area contributed by atoms with Crippen molar-refractivity contribution in [2.24, 2.45) is 0 Å². The quantitative estimate of drug-likeness (QED) is 0.679. The fourth-order valence-electron chi connectivity index (χ4n) is 1.55. The first-order chi connectivity index (χ1) is 7.33. The number of fused-ring (bicyclic) bond motifs is 1. The third-order valence-corrected chi connectivity index (χ3v) is 3.11. The first-order valence-corrected chi connectivity index (χ1v) is 5.33. The highest BCUT2D eigenvalue weighted by Crippen LogP contribution is 2.29. The van der Waals surface area contributed by atoms with E-state index in [1.54, 1.807) is 12.5 Å². The molecule has 0 amide bonds. The van der Waals surface area contributed by atoms with Gasteiger partial charge in [-0.3, -0.25) is 0 Å². The molecule has 0 fully saturated rings. The molecule has 0 spiro atoms. The van der Waals surface area contributed by atoms with Gasteiger partial charge in [-0.2, -0.15) is 0 Å². The van der Waals surface area contributed by atoms with E-state index in [1.165, 1.54) is 11.3 Å². The monoisotopic (exact) mass is 216 g/mol. The van der Waals surface area contributed by atoms with Crippen molar-refractivity contribution in [3.05, 3.63) is 36.8 Å². The predicted molar refractivity (Wildman–Crippen MR) is 61.7 cm³/mol. The molecule has 3 aromatic rings. The Kier molecular flexibility index (Phi) is 1.76. The highest BCUT2D eigenvalue weighted by Gasteiger charge is 2.04. The molecule has 0 saturated carbocycles. The third kappa shape index (κ3) is 1.39. The minimum absolute atomic E-state index is 0.606. The summed E-state index contributed by atoms with van der Waals surface area (Å²) in [4.78, 5) is 4.21. The molecule has 0 radical (unpaired) electrons. The van der Waals surface area contributed by atoms with Gasteiger partial charge in [-0.25, -0.2) is 4.98 Å². The van der Waals surface area contributed by atoms with Crippen molar-refractivity contribution >= 4 is 26.7 Å². The van der Waals surface area contributed by atoms with E-state index in [0.717, 1.165) is 21.3 Å². The maximum absolute atomic E-state index is 5.65. The summed E-state index contributed by atoms with van der Waals surface area (Å²) in [5, 5.41) is 0.606. The number of aromatic nitrogens is 1. The van der Waals surface area contributed by atoms with Gasteiger partial charge in [-0.15, -0.1) is 0 Å². The number of thiazole rings is 1. The Morgan fingerprint density at radius 3 is 2.93 bits per heavy atom. The van der Waals surface area contributed by atoms with Gasteiger partial charge in [0.1, 0.15) is 0 Å². The molecule has 2 aromatic heterocycles. The van der Waals surface area contributed by atoms with Crippen molar-refractivity contribution in [2.45, 2.75) is 0 Å². The Balaban J connectivity index is 2.21. The van der Waals surface area contributed by atoms with Crippen LogP contribution < -0.4 is 5.73 Å². The number of furan rings is 1. The van der Waals surface area contributed by atoms with E-state index in [9.17, 15) is 0 Å². The summed E-state index contributed by atoms with van der Waals surface area (Å²) < 4.78 is 6.15. The number of nitrogens with zero attached hydrogens (tertiary/aromatic N) is 1. The molecule has 1 aromatic carbocycles. The Morgan fingerprint density at radius 2 is 2.13 bits per heavy atom. The number of hydrogen-bond acceptors (Lipinski definition) is 4. The summed E-state index contributed by atoms with van der Waals surface area (Å²) >= 11 is 1.50. The van der Waals surface area contributed by atoms with Crippen LogP contribution in [0.1, 0.15) is 0 Å². The van der Waals surface area contributed by atoms with Gasteiger partial charge in [-0.05, 0) is 23.8 Å². The lowest BCUT2D eigenvalue weighted by Gasteiger charge is -1.95. The van der Waals surface area contributed by atoms with Crippen LogP contribution >= 0.6 is 11.3 Å². The van der Waals surface area contributed by atoms with Crippen molar-refractivity contribution in [3.8, 4) is 11.1 Å². The van der Waals surface area contributed by atoms with E-state index in [1.807, 2.05) is 18.2 Å². The van der Waals surface area contributed by atoms with Gasteiger partial charge in [-0.1, -0.05) is 17.4 Å². The minimum atomic E-state index is 0.606. The zero-order valence-electron chi connectivity index (χ0n) is 7.81. The molecular weight excluding hydrogens is 208 g/mol. The first kappa shape index (κ1) is 8.49. The SMILES string of the molecule is Nc1nc2ccc(-c3ccoc3)cc2s1. The molecule has 0 aliphatic rings. The number of hydrogen-bond donors (Lipinski definition) is 1. The maximum atomic E-state index is 5.65. The van der Waals surface area contributed by atoms with Crippen LogP contribution in [0.15, 0.2) is 41.2 Å². The molecular formula is C11H8N2OS. The second-order valence-electron chi connectivity index (χ2n) is 3.25. The van der Waals surface area contributed by atoms with Gasteiger partial charge in [0, 0.05) is 5.56 Å². The second-order valence-corrected chi connectivity index (χ2v) is 4.31. The largest absolute Gasteiger partial charge is 0.472 e. The van der Waals surface area contributed by atoms with Crippen LogP contribution in [0.2, 0.25) is 0 Å². The molecule has 2 N–H and O–H groups in total. The molecule has 0 saturated heterocycles. The lowest BCUT2D eigenvalue weighted by atomic mass is 10.1. The zero-order valence-corrected chi connectivity index (χ0v) is 8.62. The third-order valence-electron chi connectivity index (χ3n) is 2.26. The van der Waals surface area contributed by atoms with Gasteiger partial charge in [0.15, 0.2) is 5.13 Å². The number of anilines is 1. The summed E-state index contributed by atoms with van der Waals surface area (Å²) in [6.45, 7) is 0. The minimum Gasteiger partial charge on any atom is -0.472 e. The standard InChI is InChI=1S/C11H8N2OS/c12-11-13-9-2-1-7(5-10(9)15-11)8-3-4-14-6-8/h1-6H,(H2,12,13). The Morgan fingerprint density at radius 1 is 1.20 bits per heavy atom. The number of nitrogen functional groups attached to an aromatic ring is 1. The predicted octanol–water partition coefficient (Wildman–Crippen LogP) is 3.14. The number of nitrogens with two attached hydrogens (primary N) is 1. The fourth-order valence-corrected chi connectivity index (χ4v) is 2.32. The maximum Gasteiger partial charge on any atom is 0.181 e. The first-order valence-electron chi connectivity index (χ1n) is 4.51. The second kappa shape index (κ2) is 3.10. The highest BCUT2D eigenvalue weighted by atomic mass is 32.1. The lowest BCUT2D eigenvalue weighted by Crippen LogP contribution is -1.79. The van der Waals surface area contributed by atoms with Crippen molar-refractivity contribution in [1.29, 1.82) is 0 Å². The molecule has 4 heteroatoms. The van der Waals surface area contributed by atoms with Crippen LogP contribution in [0.3, 0.4) is 0 Å². The molecule has 0 atom stereocenters. The normalized spacial score (nSPS) is 10.9. The van der Waals surface area contributed by atoms with Gasteiger partial charge in [0.25, 0.3) is 0 Å². The molecule has 0 aliphatic carbocycles. The van der Waals surface area contributed by atoms with Crippen LogP contribution in [0.4, 0.5) is 5.13 Å². The van der Waals surface area contributed by atoms with Crippen molar-refractivity contribution in [2.75, 3.05) is 5.73 Å². The zero-order chi connectivity index (χ0) is 10.3. The van der Waals surface area contributed by atoms with Crippen molar-refractivity contribution in [3.63, 3.8) is 0 Å². The van der Waals surface area contributed by atoms with Crippen LogP contribution in [-0.2, 0) is 0 Å². The summed E-state index contributed by atoms with van der Waals surface area (Å²) in [7, 11) is 0. The topological polar surface area (TPSA) is 52.0 Å². The van der Waals surface area contributed by atoms with E-state index in [-0.39, 0.29) is 0 Å². The van der Waals surface area contributed by atoms with Gasteiger partial charge >= 0.3 is 0 Å². The summed E-state index contributed by atoms with van der Waals surface area (Å²) in [5.41, 5.74) is 8.79. The van der Waals surface area contributed by atoms with E-state index in [2.05, 4.69) is 11.1 Å². The van der Waals surface area contributed by atoms with E-state index in [0.29, 0.717) is 5.13 Å². The molecule has 0 unspecified atom stereocenters. The van der Waals surface area contributed by atoms with Crippen molar-refractivity contribution < 1.29 is 4.42 Å². The lowest BCUT2D eigenvalue weighted by molar-refractivity contribution is 0.568.